The van der Waals surface area contributed by atoms with E-state index in [2.05, 4.69) is 5.32 Å². The Hall–Kier alpha value is -1.33. The molecule has 1 heterocycles. The topological polar surface area (TPSA) is 58.6 Å². The quantitative estimate of drug-likeness (QED) is 0.799. The van der Waals surface area contributed by atoms with Crippen LogP contribution in [0.25, 0.3) is 0 Å². The first kappa shape index (κ1) is 14.1. The van der Waals surface area contributed by atoms with Gasteiger partial charge in [0.05, 0.1) is 12.5 Å². The molecule has 1 aromatic carbocycles. The largest absolute Gasteiger partial charge is 0.491 e. The number of hydrogen-bond donors (Lipinski definition) is 2. The minimum atomic E-state index is -0.923. The molecule has 19 heavy (non-hydrogen) atoms. The highest BCUT2D eigenvalue weighted by Gasteiger charge is 2.36. The van der Waals surface area contributed by atoms with E-state index in [1.807, 2.05) is 45.0 Å². The molecule has 1 unspecified atom stereocenters. The molecule has 5 heteroatoms. The minimum Gasteiger partial charge on any atom is -0.423 e. The minimum absolute atomic E-state index is 0.0549. The van der Waals surface area contributed by atoms with Crippen LogP contribution in [0.5, 0.6) is 0 Å². The van der Waals surface area contributed by atoms with E-state index in [9.17, 15) is 9.82 Å². The predicted molar refractivity (Wildman–Crippen MR) is 75.0 cm³/mol. The van der Waals surface area contributed by atoms with Gasteiger partial charge in [-0.3, -0.25) is 4.79 Å². The van der Waals surface area contributed by atoms with E-state index in [1.165, 1.54) is 0 Å². The summed E-state index contributed by atoms with van der Waals surface area (Å²) in [6.07, 6.45) is 0.736. The fraction of sp³-hybridized carbons (Fsp3) is 0.500. The molecule has 1 aliphatic rings. The van der Waals surface area contributed by atoms with Gasteiger partial charge in [-0.15, -0.1) is 0 Å². The van der Waals surface area contributed by atoms with Gasteiger partial charge in [0.25, 0.3) is 0 Å². The molecule has 4 nitrogen and oxygen atoms in total. The van der Waals surface area contributed by atoms with E-state index < -0.39 is 7.12 Å². The number of benzene rings is 1. The zero-order chi connectivity index (χ0) is 14.0. The van der Waals surface area contributed by atoms with Crippen LogP contribution in [-0.2, 0) is 9.45 Å². The number of nitrogens with one attached hydrogen (secondary N) is 1. The van der Waals surface area contributed by atoms with Gasteiger partial charge in [-0.2, -0.15) is 0 Å². The lowest BCUT2D eigenvalue weighted by Crippen LogP contribution is -2.43. The van der Waals surface area contributed by atoms with Crippen LogP contribution in [0.3, 0.4) is 0 Å². The Morgan fingerprint density at radius 2 is 2.16 bits per heavy atom. The van der Waals surface area contributed by atoms with Crippen LogP contribution in [0, 0.1) is 0 Å². The normalized spacial score (nSPS) is 18.3. The number of fused-ring (bicyclic) bond motifs is 1. The van der Waals surface area contributed by atoms with Crippen LogP contribution in [0.1, 0.15) is 45.3 Å². The molecule has 1 amide bonds. The number of carbonyl (C=O) groups is 1. The number of amides is 1. The van der Waals surface area contributed by atoms with Gasteiger partial charge in [0.15, 0.2) is 0 Å². The summed E-state index contributed by atoms with van der Waals surface area (Å²) < 4.78 is 5.45. The second-order valence-electron chi connectivity index (χ2n) is 5.60. The third kappa shape index (κ3) is 3.17. The first-order valence-corrected chi connectivity index (χ1v) is 6.66. The molecule has 0 aliphatic carbocycles. The van der Waals surface area contributed by atoms with Crippen molar-refractivity contribution in [2.75, 3.05) is 0 Å². The van der Waals surface area contributed by atoms with Crippen molar-refractivity contribution in [2.24, 2.45) is 0 Å². The van der Waals surface area contributed by atoms with E-state index in [1.54, 1.807) is 0 Å². The maximum absolute atomic E-state index is 12.0. The molecule has 2 rings (SSSR count). The summed E-state index contributed by atoms with van der Waals surface area (Å²) in [6.45, 7) is 6.01. The van der Waals surface area contributed by atoms with Crippen LogP contribution >= 0.6 is 0 Å². The maximum Gasteiger partial charge on any atom is 0.491 e. The van der Waals surface area contributed by atoms with Crippen LogP contribution in [0.4, 0.5) is 0 Å². The molecule has 0 fully saturated rings. The second-order valence-corrected chi connectivity index (χ2v) is 5.60. The lowest BCUT2D eigenvalue weighted by Gasteiger charge is -2.25. The fourth-order valence-corrected chi connectivity index (χ4v) is 2.17. The van der Waals surface area contributed by atoms with Gasteiger partial charge in [0, 0.05) is 5.54 Å². The summed E-state index contributed by atoms with van der Waals surface area (Å²) in [4.78, 5) is 12.0. The van der Waals surface area contributed by atoms with E-state index in [0.29, 0.717) is 0 Å². The van der Waals surface area contributed by atoms with E-state index in [4.69, 9.17) is 4.65 Å². The summed E-state index contributed by atoms with van der Waals surface area (Å²) >= 11 is 0. The Morgan fingerprint density at radius 3 is 2.84 bits per heavy atom. The molecule has 0 spiro atoms. The molecule has 2 N–H and O–H groups in total. The van der Waals surface area contributed by atoms with Crippen LogP contribution in [0.2, 0.25) is 0 Å². The highest BCUT2D eigenvalue weighted by Crippen LogP contribution is 2.26. The summed E-state index contributed by atoms with van der Waals surface area (Å²) in [7, 11) is -0.923. The van der Waals surface area contributed by atoms with E-state index >= 15 is 0 Å². The maximum atomic E-state index is 12.0. The molecule has 0 aromatic heterocycles. The van der Waals surface area contributed by atoms with Gasteiger partial charge in [0.2, 0.25) is 5.91 Å². The molecular weight excluding hydrogens is 241 g/mol. The average molecular weight is 261 g/mol. The molecule has 0 bridgehead atoms. The summed E-state index contributed by atoms with van der Waals surface area (Å²) in [6, 6.07) is 7.47. The number of hydrogen-bond acceptors (Lipinski definition) is 3. The van der Waals surface area contributed by atoms with Crippen molar-refractivity contribution in [3.05, 3.63) is 29.8 Å². The Labute approximate surface area is 114 Å². The summed E-state index contributed by atoms with van der Waals surface area (Å²) in [5, 5.41) is 12.8. The highest BCUT2D eigenvalue weighted by atomic mass is 16.5. The Kier molecular flexibility index (Phi) is 3.97. The van der Waals surface area contributed by atoms with Crippen molar-refractivity contribution < 1.29 is 14.5 Å². The SMILES string of the molecule is CCC(C)(C)NC(=O)CC1OB(O)c2ccccc21. The van der Waals surface area contributed by atoms with E-state index in [-0.39, 0.29) is 24.0 Å². The van der Waals surface area contributed by atoms with Gasteiger partial charge in [-0.05, 0) is 31.3 Å². The van der Waals surface area contributed by atoms with Crippen molar-refractivity contribution in [1.29, 1.82) is 0 Å². The molecule has 0 radical (unpaired) electrons. The highest BCUT2D eigenvalue weighted by molar-refractivity contribution is 6.61. The first-order chi connectivity index (χ1) is 8.93. The fourth-order valence-electron chi connectivity index (χ4n) is 2.17. The van der Waals surface area contributed by atoms with Crippen LogP contribution in [0.15, 0.2) is 24.3 Å². The average Bonchev–Trinajstić information content (AvgIpc) is 2.66. The molecular formula is C14H20BNO3. The van der Waals surface area contributed by atoms with Crippen molar-refractivity contribution in [3.8, 4) is 0 Å². The summed E-state index contributed by atoms with van der Waals surface area (Å²) in [5.74, 6) is -0.0549. The van der Waals surface area contributed by atoms with Crippen LogP contribution in [-0.4, -0.2) is 23.6 Å². The van der Waals surface area contributed by atoms with Gasteiger partial charge in [-0.25, -0.2) is 0 Å². The Bertz CT molecular complexity index is 476. The number of rotatable bonds is 4. The third-order valence-corrected chi connectivity index (χ3v) is 3.63. The molecule has 0 saturated carbocycles. The van der Waals surface area contributed by atoms with Crippen molar-refractivity contribution in [3.63, 3.8) is 0 Å². The molecule has 1 aliphatic heterocycles. The third-order valence-electron chi connectivity index (χ3n) is 3.63. The molecule has 1 atom stereocenters. The zero-order valence-electron chi connectivity index (χ0n) is 11.6. The predicted octanol–water partition coefficient (Wildman–Crippen LogP) is 1.14. The van der Waals surface area contributed by atoms with Gasteiger partial charge in [-0.1, -0.05) is 31.2 Å². The lowest BCUT2D eigenvalue weighted by molar-refractivity contribution is -0.124. The lowest BCUT2D eigenvalue weighted by atomic mass is 9.79. The Morgan fingerprint density at radius 1 is 1.47 bits per heavy atom. The van der Waals surface area contributed by atoms with Crippen molar-refractivity contribution in [1.82, 2.24) is 5.32 Å². The van der Waals surface area contributed by atoms with Crippen molar-refractivity contribution >= 4 is 18.5 Å². The smallest absolute Gasteiger partial charge is 0.423 e. The standard InChI is InChI=1S/C14H20BNO3/c1-4-14(2,3)16-13(17)9-12-10-7-5-6-8-11(10)15(18)19-12/h5-8,12,18H,4,9H2,1-3H3,(H,16,17). The second kappa shape index (κ2) is 5.35. The van der Waals surface area contributed by atoms with E-state index in [0.717, 1.165) is 17.4 Å². The van der Waals surface area contributed by atoms with Crippen LogP contribution < -0.4 is 10.8 Å². The Balaban J connectivity index is 2.04. The zero-order valence-corrected chi connectivity index (χ0v) is 11.6. The summed E-state index contributed by atoms with van der Waals surface area (Å²) in [5.41, 5.74) is 1.45. The number of carbonyl (C=O) groups excluding carboxylic acids is 1. The molecule has 0 saturated heterocycles. The van der Waals surface area contributed by atoms with Gasteiger partial charge in [0.1, 0.15) is 0 Å². The molecule has 102 valence electrons. The monoisotopic (exact) mass is 261 g/mol. The molecule has 1 aromatic rings. The van der Waals surface area contributed by atoms with Gasteiger partial charge < -0.3 is 15.0 Å². The first-order valence-electron chi connectivity index (χ1n) is 6.66. The van der Waals surface area contributed by atoms with Gasteiger partial charge >= 0.3 is 7.12 Å². The van der Waals surface area contributed by atoms with Crippen molar-refractivity contribution in [2.45, 2.75) is 45.3 Å².